The standard InChI is InChI=1S/C20H20N2O5.C2H6/c1-22(2)11-17-16-10-14(27-13-6-4-5-12(23)9-13)7-8-15(16)19(24)18(21-17)20(25)26-3;1-2/h4-10,23-24H,11H2,1-3H3;1-2H3. The molecule has 0 aliphatic heterocycles. The van der Waals surface area contributed by atoms with Crippen LogP contribution in [0.2, 0.25) is 0 Å². The molecule has 1 heterocycles. The largest absolute Gasteiger partial charge is 0.508 e. The van der Waals surface area contributed by atoms with Crippen LogP contribution < -0.4 is 4.74 Å². The molecule has 0 amide bonds. The van der Waals surface area contributed by atoms with Gasteiger partial charge in [-0.2, -0.15) is 0 Å². The van der Waals surface area contributed by atoms with Gasteiger partial charge in [0.05, 0.1) is 12.8 Å². The molecule has 0 aliphatic carbocycles. The van der Waals surface area contributed by atoms with Crippen molar-refractivity contribution in [3.8, 4) is 23.0 Å². The number of pyridine rings is 1. The number of ether oxygens (including phenoxy) is 2. The molecule has 7 heteroatoms. The maximum atomic E-state index is 11.9. The van der Waals surface area contributed by atoms with E-state index in [1.807, 2.05) is 32.8 Å². The number of phenolic OH excluding ortho intramolecular Hbond substituents is 1. The highest BCUT2D eigenvalue weighted by atomic mass is 16.5. The number of esters is 1. The summed E-state index contributed by atoms with van der Waals surface area (Å²) in [6.45, 7) is 4.45. The molecule has 0 radical (unpaired) electrons. The molecule has 0 bridgehead atoms. The number of hydrogen-bond acceptors (Lipinski definition) is 7. The van der Waals surface area contributed by atoms with Gasteiger partial charge in [-0.25, -0.2) is 9.78 Å². The van der Waals surface area contributed by atoms with Gasteiger partial charge in [0.2, 0.25) is 0 Å². The summed E-state index contributed by atoms with van der Waals surface area (Å²) in [4.78, 5) is 18.2. The molecule has 0 unspecified atom stereocenters. The van der Waals surface area contributed by atoms with Crippen LogP contribution in [0.25, 0.3) is 10.8 Å². The molecule has 0 fully saturated rings. The summed E-state index contributed by atoms with van der Waals surface area (Å²) in [7, 11) is 5.00. The first-order valence-corrected chi connectivity index (χ1v) is 9.24. The first kappa shape index (κ1) is 22.0. The van der Waals surface area contributed by atoms with Crippen LogP contribution in [-0.2, 0) is 11.3 Å². The average molecular weight is 398 g/mol. The van der Waals surface area contributed by atoms with Crippen molar-refractivity contribution in [1.29, 1.82) is 0 Å². The zero-order chi connectivity index (χ0) is 21.6. The van der Waals surface area contributed by atoms with E-state index in [0.29, 0.717) is 34.5 Å². The number of phenols is 1. The summed E-state index contributed by atoms with van der Waals surface area (Å²) in [5, 5.41) is 21.2. The quantitative estimate of drug-likeness (QED) is 0.619. The molecule has 0 atom stereocenters. The van der Waals surface area contributed by atoms with E-state index in [4.69, 9.17) is 9.47 Å². The van der Waals surface area contributed by atoms with Gasteiger partial charge in [-0.15, -0.1) is 0 Å². The minimum absolute atomic E-state index is 0.101. The van der Waals surface area contributed by atoms with E-state index in [0.717, 1.165) is 0 Å². The fourth-order valence-corrected chi connectivity index (χ4v) is 2.75. The summed E-state index contributed by atoms with van der Waals surface area (Å²) in [5.41, 5.74) is 0.484. The second-order valence-corrected chi connectivity index (χ2v) is 6.29. The SMILES string of the molecule is CC.COC(=O)c1nc(CN(C)C)c2cc(Oc3cccc(O)c3)ccc2c1O. The summed E-state index contributed by atoms with van der Waals surface area (Å²) in [6, 6.07) is 11.5. The van der Waals surface area contributed by atoms with Crippen LogP contribution in [0.1, 0.15) is 30.0 Å². The molecule has 0 saturated heterocycles. The van der Waals surface area contributed by atoms with E-state index in [2.05, 4.69) is 4.98 Å². The third-order valence-electron chi connectivity index (χ3n) is 3.93. The Kier molecular flexibility index (Phi) is 7.39. The molecule has 2 N–H and O–H groups in total. The second-order valence-electron chi connectivity index (χ2n) is 6.29. The van der Waals surface area contributed by atoms with E-state index in [9.17, 15) is 15.0 Å². The first-order chi connectivity index (χ1) is 13.9. The summed E-state index contributed by atoms with van der Waals surface area (Å²) in [5.74, 6) is 0.161. The van der Waals surface area contributed by atoms with Crippen LogP contribution in [0.3, 0.4) is 0 Å². The van der Waals surface area contributed by atoms with Crippen LogP contribution >= 0.6 is 0 Å². The molecule has 3 aromatic rings. The molecular weight excluding hydrogens is 372 g/mol. The Hall–Kier alpha value is -3.32. The highest BCUT2D eigenvalue weighted by Gasteiger charge is 2.20. The van der Waals surface area contributed by atoms with Gasteiger partial charge < -0.3 is 24.6 Å². The van der Waals surface area contributed by atoms with E-state index in [-0.39, 0.29) is 17.2 Å². The van der Waals surface area contributed by atoms with Crippen molar-refractivity contribution in [2.24, 2.45) is 0 Å². The van der Waals surface area contributed by atoms with E-state index in [1.54, 1.807) is 36.4 Å². The van der Waals surface area contributed by atoms with Gasteiger partial charge in [0.25, 0.3) is 0 Å². The van der Waals surface area contributed by atoms with Crippen LogP contribution in [0, 0.1) is 0 Å². The Morgan fingerprint density at radius 1 is 1.03 bits per heavy atom. The Morgan fingerprint density at radius 3 is 2.34 bits per heavy atom. The van der Waals surface area contributed by atoms with Crippen molar-refractivity contribution in [3.63, 3.8) is 0 Å². The number of nitrogens with zero attached hydrogens (tertiary/aromatic N) is 2. The van der Waals surface area contributed by atoms with Crippen LogP contribution in [0.15, 0.2) is 42.5 Å². The monoisotopic (exact) mass is 398 g/mol. The molecule has 3 rings (SSSR count). The van der Waals surface area contributed by atoms with Crippen LogP contribution in [0.4, 0.5) is 0 Å². The van der Waals surface area contributed by atoms with Gasteiger partial charge in [0.15, 0.2) is 11.4 Å². The lowest BCUT2D eigenvalue weighted by Gasteiger charge is -2.15. The number of hydrogen-bond donors (Lipinski definition) is 2. The van der Waals surface area contributed by atoms with Crippen molar-refractivity contribution in [2.45, 2.75) is 20.4 Å². The average Bonchev–Trinajstić information content (AvgIpc) is 2.70. The van der Waals surface area contributed by atoms with Gasteiger partial charge >= 0.3 is 5.97 Å². The number of aromatic hydroxyl groups is 2. The Labute approximate surface area is 170 Å². The van der Waals surface area contributed by atoms with Gasteiger partial charge in [0, 0.05) is 23.4 Å². The smallest absolute Gasteiger partial charge is 0.360 e. The van der Waals surface area contributed by atoms with Crippen molar-refractivity contribution < 1.29 is 24.5 Å². The molecule has 29 heavy (non-hydrogen) atoms. The number of carbonyl (C=O) groups excluding carboxylic acids is 1. The number of benzene rings is 2. The number of aromatic nitrogens is 1. The van der Waals surface area contributed by atoms with Crippen molar-refractivity contribution >= 4 is 16.7 Å². The molecule has 154 valence electrons. The third kappa shape index (κ3) is 5.14. The van der Waals surface area contributed by atoms with Gasteiger partial charge in [-0.05, 0) is 44.4 Å². The predicted octanol–water partition coefficient (Wildman–Crippen LogP) is 4.31. The number of fused-ring (bicyclic) bond motifs is 1. The minimum atomic E-state index is -0.700. The minimum Gasteiger partial charge on any atom is -0.508 e. The number of rotatable bonds is 5. The lowest BCUT2D eigenvalue weighted by atomic mass is 10.1. The van der Waals surface area contributed by atoms with Crippen molar-refractivity contribution in [1.82, 2.24) is 9.88 Å². The zero-order valence-corrected chi connectivity index (χ0v) is 17.3. The lowest BCUT2D eigenvalue weighted by Crippen LogP contribution is -2.15. The Bertz CT molecular complexity index is 1000. The van der Waals surface area contributed by atoms with Crippen molar-refractivity contribution in [2.75, 3.05) is 21.2 Å². The lowest BCUT2D eigenvalue weighted by molar-refractivity contribution is 0.0590. The number of carbonyl (C=O) groups is 1. The maximum Gasteiger partial charge on any atom is 0.360 e. The van der Waals surface area contributed by atoms with Crippen molar-refractivity contribution in [3.05, 3.63) is 53.9 Å². The normalized spacial score (nSPS) is 10.4. The summed E-state index contributed by atoms with van der Waals surface area (Å²) < 4.78 is 10.5. The fourth-order valence-electron chi connectivity index (χ4n) is 2.75. The topological polar surface area (TPSA) is 92.1 Å². The third-order valence-corrected chi connectivity index (χ3v) is 3.93. The Balaban J connectivity index is 0.00000145. The van der Waals surface area contributed by atoms with Crippen LogP contribution in [0.5, 0.6) is 23.0 Å². The summed E-state index contributed by atoms with van der Waals surface area (Å²) >= 11 is 0. The molecule has 0 spiro atoms. The van der Waals surface area contributed by atoms with Gasteiger partial charge in [0.1, 0.15) is 17.2 Å². The fraction of sp³-hybridized carbons (Fsp3) is 0.273. The molecule has 0 saturated carbocycles. The number of methoxy groups -OCH3 is 1. The molecular formula is C22H26N2O5. The molecule has 2 aromatic carbocycles. The molecule has 1 aromatic heterocycles. The van der Waals surface area contributed by atoms with E-state index < -0.39 is 5.97 Å². The van der Waals surface area contributed by atoms with E-state index in [1.165, 1.54) is 13.2 Å². The van der Waals surface area contributed by atoms with Crippen LogP contribution in [-0.4, -0.2) is 47.3 Å². The highest BCUT2D eigenvalue weighted by Crippen LogP contribution is 2.34. The summed E-state index contributed by atoms with van der Waals surface area (Å²) in [6.07, 6.45) is 0. The highest BCUT2D eigenvalue weighted by molar-refractivity contribution is 6.00. The first-order valence-electron chi connectivity index (χ1n) is 9.24. The Morgan fingerprint density at radius 2 is 1.72 bits per heavy atom. The zero-order valence-electron chi connectivity index (χ0n) is 17.3. The van der Waals surface area contributed by atoms with Gasteiger partial charge in [-0.3, -0.25) is 0 Å². The predicted molar refractivity (Wildman–Crippen MR) is 112 cm³/mol. The van der Waals surface area contributed by atoms with E-state index >= 15 is 0 Å². The molecule has 7 nitrogen and oxygen atoms in total. The maximum absolute atomic E-state index is 11.9. The second kappa shape index (κ2) is 9.75. The van der Waals surface area contributed by atoms with Gasteiger partial charge in [-0.1, -0.05) is 19.9 Å². The molecule has 0 aliphatic rings.